The number of nitrogens with zero attached hydrogens (tertiary/aromatic N) is 1. The summed E-state index contributed by atoms with van der Waals surface area (Å²) in [5.41, 5.74) is 0.0521. The van der Waals surface area contributed by atoms with Gasteiger partial charge >= 0.3 is 0 Å². The average Bonchev–Trinajstić information content (AvgIpc) is 2.20. The van der Waals surface area contributed by atoms with Gasteiger partial charge in [-0.2, -0.15) is 0 Å². The third-order valence-corrected chi connectivity index (χ3v) is 3.02. The van der Waals surface area contributed by atoms with Crippen molar-refractivity contribution < 1.29 is 9.50 Å². The van der Waals surface area contributed by atoms with Crippen LogP contribution in [0.25, 0.3) is 0 Å². The van der Waals surface area contributed by atoms with Crippen LogP contribution < -0.4 is 4.90 Å². The summed E-state index contributed by atoms with van der Waals surface area (Å²) in [6.07, 6.45) is 1.15. The first-order valence-corrected chi connectivity index (χ1v) is 5.30. The number of hydrogen-bond acceptors (Lipinski definition) is 2. The fraction of sp³-hybridized carbons (Fsp3) is 0.500. The molecule has 1 saturated heterocycles. The largest absolute Gasteiger partial charge is 0.508 e. The van der Waals surface area contributed by atoms with Gasteiger partial charge in [-0.05, 0) is 44.0 Å². The van der Waals surface area contributed by atoms with Crippen LogP contribution in [0.4, 0.5) is 10.1 Å². The zero-order valence-corrected chi connectivity index (χ0v) is 8.91. The zero-order chi connectivity index (χ0) is 10.9. The highest BCUT2D eigenvalue weighted by molar-refractivity contribution is 5.49. The molecule has 0 unspecified atom stereocenters. The Balaban J connectivity index is 2.04. The molecule has 0 amide bonds. The highest BCUT2D eigenvalue weighted by Crippen LogP contribution is 2.29. The Morgan fingerprint density at radius 1 is 1.20 bits per heavy atom. The lowest BCUT2D eigenvalue weighted by atomic mass is 9.95. The summed E-state index contributed by atoms with van der Waals surface area (Å²) in [6, 6.07) is 7.07. The van der Waals surface area contributed by atoms with Crippen LogP contribution in [-0.2, 0) is 0 Å². The molecule has 0 aromatic heterocycles. The quantitative estimate of drug-likeness (QED) is 0.768. The molecule has 0 spiro atoms. The van der Waals surface area contributed by atoms with Gasteiger partial charge in [0.25, 0.3) is 0 Å². The van der Waals surface area contributed by atoms with Crippen LogP contribution in [0.1, 0.15) is 19.8 Å². The third-order valence-electron chi connectivity index (χ3n) is 3.02. The number of phenols is 1. The van der Waals surface area contributed by atoms with Crippen LogP contribution in [0, 0.1) is 0 Å². The van der Waals surface area contributed by atoms with Gasteiger partial charge in [-0.25, -0.2) is 4.39 Å². The number of anilines is 1. The summed E-state index contributed by atoms with van der Waals surface area (Å²) in [5, 5.41) is 9.16. The van der Waals surface area contributed by atoms with E-state index in [9.17, 15) is 4.39 Å². The van der Waals surface area contributed by atoms with Gasteiger partial charge < -0.3 is 10.0 Å². The van der Waals surface area contributed by atoms with E-state index in [4.69, 9.17) is 5.11 Å². The lowest BCUT2D eigenvalue weighted by molar-refractivity contribution is 0.149. The van der Waals surface area contributed by atoms with Crippen LogP contribution >= 0.6 is 0 Å². The number of piperidine rings is 1. The van der Waals surface area contributed by atoms with Crippen molar-refractivity contribution in [2.24, 2.45) is 0 Å². The van der Waals surface area contributed by atoms with E-state index in [-0.39, 0.29) is 5.75 Å². The molecule has 0 aliphatic carbocycles. The fourth-order valence-electron chi connectivity index (χ4n) is 1.89. The number of halogens is 1. The number of rotatable bonds is 1. The van der Waals surface area contributed by atoms with E-state index in [0.717, 1.165) is 18.8 Å². The molecule has 82 valence electrons. The number of phenolic OH excluding ortho intramolecular Hbond substituents is 1. The second-order valence-corrected chi connectivity index (χ2v) is 4.42. The van der Waals surface area contributed by atoms with Gasteiger partial charge in [0.15, 0.2) is 0 Å². The maximum absolute atomic E-state index is 13.6. The Labute approximate surface area is 89.3 Å². The van der Waals surface area contributed by atoms with Gasteiger partial charge in [-0.1, -0.05) is 0 Å². The molecule has 1 aromatic rings. The molecule has 0 atom stereocenters. The molecule has 1 heterocycles. The zero-order valence-electron chi connectivity index (χ0n) is 8.91. The SMILES string of the molecule is CC1(F)CCN(c2ccc(O)cc2)CC1. The molecular formula is C12H16FNO. The summed E-state index contributed by atoms with van der Waals surface area (Å²) >= 11 is 0. The minimum atomic E-state index is -1.01. The molecule has 1 aliphatic heterocycles. The normalized spacial score (nSPS) is 20.3. The van der Waals surface area contributed by atoms with Gasteiger partial charge in [0.1, 0.15) is 11.4 Å². The number of alkyl halides is 1. The van der Waals surface area contributed by atoms with Gasteiger partial charge in [0.05, 0.1) is 0 Å². The average molecular weight is 209 g/mol. The van der Waals surface area contributed by atoms with E-state index in [0.29, 0.717) is 12.8 Å². The van der Waals surface area contributed by atoms with Crippen LogP contribution in [0.5, 0.6) is 5.75 Å². The van der Waals surface area contributed by atoms with Crippen molar-refractivity contribution in [3.8, 4) is 5.75 Å². The number of aromatic hydroxyl groups is 1. The van der Waals surface area contributed by atoms with Gasteiger partial charge in [0, 0.05) is 18.8 Å². The van der Waals surface area contributed by atoms with Crippen molar-refractivity contribution in [3.05, 3.63) is 24.3 Å². The molecule has 1 aromatic carbocycles. The summed E-state index contributed by atoms with van der Waals surface area (Å²) in [6.45, 7) is 3.16. The Bertz CT molecular complexity index is 324. The molecule has 2 nitrogen and oxygen atoms in total. The van der Waals surface area contributed by atoms with Crippen molar-refractivity contribution in [1.29, 1.82) is 0 Å². The minimum absolute atomic E-state index is 0.270. The molecule has 0 radical (unpaired) electrons. The maximum Gasteiger partial charge on any atom is 0.115 e. The lowest BCUT2D eigenvalue weighted by Crippen LogP contribution is -2.40. The summed E-state index contributed by atoms with van der Waals surface area (Å²) < 4.78 is 13.6. The standard InChI is InChI=1S/C12H16FNO/c1-12(13)6-8-14(9-7-12)10-2-4-11(15)5-3-10/h2-5,15H,6-9H2,1H3. The van der Waals surface area contributed by atoms with Gasteiger partial charge in [0.2, 0.25) is 0 Å². The Kier molecular flexibility index (Phi) is 2.55. The Morgan fingerprint density at radius 2 is 1.73 bits per heavy atom. The predicted octanol–water partition coefficient (Wildman–Crippen LogP) is 2.72. The van der Waals surface area contributed by atoms with Crippen molar-refractivity contribution in [2.75, 3.05) is 18.0 Å². The van der Waals surface area contributed by atoms with E-state index >= 15 is 0 Å². The molecule has 2 rings (SSSR count). The molecule has 1 N–H and O–H groups in total. The molecule has 15 heavy (non-hydrogen) atoms. The van der Waals surface area contributed by atoms with Crippen molar-refractivity contribution in [2.45, 2.75) is 25.4 Å². The first-order valence-electron chi connectivity index (χ1n) is 5.30. The second-order valence-electron chi connectivity index (χ2n) is 4.42. The fourth-order valence-corrected chi connectivity index (χ4v) is 1.89. The van der Waals surface area contributed by atoms with E-state index < -0.39 is 5.67 Å². The molecule has 0 saturated carbocycles. The first kappa shape index (κ1) is 10.3. The smallest absolute Gasteiger partial charge is 0.115 e. The van der Waals surface area contributed by atoms with Crippen LogP contribution in [0.2, 0.25) is 0 Å². The van der Waals surface area contributed by atoms with Crippen molar-refractivity contribution in [3.63, 3.8) is 0 Å². The summed E-state index contributed by atoms with van der Waals surface area (Å²) in [5.74, 6) is 0.270. The van der Waals surface area contributed by atoms with Crippen LogP contribution in [0.15, 0.2) is 24.3 Å². The third kappa shape index (κ3) is 2.41. The number of benzene rings is 1. The number of hydrogen-bond donors (Lipinski definition) is 1. The van der Waals surface area contributed by atoms with E-state index in [2.05, 4.69) is 4.90 Å². The highest BCUT2D eigenvalue weighted by atomic mass is 19.1. The Hall–Kier alpha value is -1.25. The van der Waals surface area contributed by atoms with E-state index in [1.807, 2.05) is 12.1 Å². The van der Waals surface area contributed by atoms with E-state index in [1.54, 1.807) is 19.1 Å². The highest BCUT2D eigenvalue weighted by Gasteiger charge is 2.29. The van der Waals surface area contributed by atoms with Gasteiger partial charge in [-0.3, -0.25) is 0 Å². The maximum atomic E-state index is 13.6. The van der Waals surface area contributed by atoms with Gasteiger partial charge in [-0.15, -0.1) is 0 Å². The van der Waals surface area contributed by atoms with Crippen LogP contribution in [0.3, 0.4) is 0 Å². The monoisotopic (exact) mass is 209 g/mol. The summed E-state index contributed by atoms with van der Waals surface area (Å²) in [7, 11) is 0. The first-order chi connectivity index (χ1) is 7.07. The predicted molar refractivity (Wildman–Crippen MR) is 59.1 cm³/mol. The molecule has 0 bridgehead atoms. The second kappa shape index (κ2) is 3.72. The van der Waals surface area contributed by atoms with Crippen molar-refractivity contribution in [1.82, 2.24) is 0 Å². The molecule has 1 aliphatic rings. The van der Waals surface area contributed by atoms with Crippen molar-refractivity contribution >= 4 is 5.69 Å². The summed E-state index contributed by atoms with van der Waals surface area (Å²) in [4.78, 5) is 2.15. The molecule has 3 heteroatoms. The molecular weight excluding hydrogens is 193 g/mol. The lowest BCUT2D eigenvalue weighted by Gasteiger charge is -2.35. The Morgan fingerprint density at radius 3 is 2.27 bits per heavy atom. The molecule has 1 fully saturated rings. The van der Waals surface area contributed by atoms with E-state index in [1.165, 1.54) is 0 Å². The topological polar surface area (TPSA) is 23.5 Å². The minimum Gasteiger partial charge on any atom is -0.508 e. The van der Waals surface area contributed by atoms with Crippen LogP contribution in [-0.4, -0.2) is 23.9 Å².